The molecule has 0 spiro atoms. The van der Waals surface area contributed by atoms with E-state index in [0.29, 0.717) is 5.92 Å². The number of carbonyl (C=O) groups is 1. The highest BCUT2D eigenvalue weighted by molar-refractivity contribution is 5.81. The summed E-state index contributed by atoms with van der Waals surface area (Å²) in [6, 6.07) is 0.279. The average Bonchev–Trinajstić information content (AvgIpc) is 2.30. The third-order valence-electron chi connectivity index (χ3n) is 3.39. The van der Waals surface area contributed by atoms with Gasteiger partial charge < -0.3 is 15.4 Å². The zero-order chi connectivity index (χ0) is 11.4. The van der Waals surface area contributed by atoms with Gasteiger partial charge in [-0.3, -0.25) is 4.79 Å². The van der Waals surface area contributed by atoms with Crippen molar-refractivity contribution in [2.45, 2.75) is 44.8 Å². The van der Waals surface area contributed by atoms with E-state index in [2.05, 4.69) is 17.6 Å². The smallest absolute Gasteiger partial charge is 0.249 e. The molecule has 1 amide bonds. The number of piperidine rings is 1. The molecule has 0 aromatic heterocycles. The highest BCUT2D eigenvalue weighted by Crippen LogP contribution is 2.14. The Hall–Kier alpha value is -0.610. The number of hydrogen-bond donors (Lipinski definition) is 2. The van der Waals surface area contributed by atoms with Crippen LogP contribution < -0.4 is 10.6 Å². The van der Waals surface area contributed by atoms with E-state index in [-0.39, 0.29) is 18.1 Å². The van der Waals surface area contributed by atoms with Crippen LogP contribution >= 0.6 is 0 Å². The van der Waals surface area contributed by atoms with Crippen LogP contribution in [0.3, 0.4) is 0 Å². The number of ether oxygens (including phenoxy) is 1. The molecule has 0 aromatic rings. The summed E-state index contributed by atoms with van der Waals surface area (Å²) in [6.45, 7) is 4.90. The van der Waals surface area contributed by atoms with Crippen LogP contribution in [0.1, 0.15) is 32.6 Å². The molecule has 3 atom stereocenters. The third-order valence-corrected chi connectivity index (χ3v) is 3.39. The number of amides is 1. The first kappa shape index (κ1) is 11.9. The molecule has 3 unspecified atom stereocenters. The fourth-order valence-electron chi connectivity index (χ4n) is 2.51. The molecule has 0 aromatic carbocycles. The lowest BCUT2D eigenvalue weighted by Crippen LogP contribution is -2.51. The molecular formula is C12H22N2O2. The quantitative estimate of drug-likeness (QED) is 0.727. The maximum atomic E-state index is 11.9. The predicted molar refractivity (Wildman–Crippen MR) is 62.2 cm³/mol. The van der Waals surface area contributed by atoms with Gasteiger partial charge in [0.1, 0.15) is 6.10 Å². The van der Waals surface area contributed by atoms with E-state index in [1.807, 2.05) is 0 Å². The van der Waals surface area contributed by atoms with Crippen molar-refractivity contribution < 1.29 is 9.53 Å². The number of hydrogen-bond acceptors (Lipinski definition) is 3. The van der Waals surface area contributed by atoms with E-state index in [9.17, 15) is 4.79 Å². The van der Waals surface area contributed by atoms with Gasteiger partial charge in [-0.15, -0.1) is 0 Å². The van der Waals surface area contributed by atoms with Gasteiger partial charge in [0.25, 0.3) is 0 Å². The van der Waals surface area contributed by atoms with Gasteiger partial charge >= 0.3 is 0 Å². The van der Waals surface area contributed by atoms with Gasteiger partial charge in [0.2, 0.25) is 5.91 Å². The topological polar surface area (TPSA) is 50.4 Å². The Morgan fingerprint density at radius 1 is 1.38 bits per heavy atom. The Balaban J connectivity index is 1.77. The summed E-state index contributed by atoms with van der Waals surface area (Å²) in [5.74, 6) is 0.729. The zero-order valence-corrected chi connectivity index (χ0v) is 10.00. The summed E-state index contributed by atoms with van der Waals surface area (Å²) < 4.78 is 5.48. The predicted octanol–water partition coefficient (Wildman–Crippen LogP) is 0.670. The Labute approximate surface area is 97.1 Å². The van der Waals surface area contributed by atoms with Crippen LogP contribution in [0.4, 0.5) is 0 Å². The fraction of sp³-hybridized carbons (Fsp3) is 0.917. The fourth-order valence-corrected chi connectivity index (χ4v) is 2.51. The second kappa shape index (κ2) is 5.64. The van der Waals surface area contributed by atoms with E-state index in [0.717, 1.165) is 45.4 Å². The molecule has 4 heteroatoms. The van der Waals surface area contributed by atoms with Crippen molar-refractivity contribution in [3.05, 3.63) is 0 Å². The van der Waals surface area contributed by atoms with E-state index < -0.39 is 0 Å². The molecule has 0 bridgehead atoms. The van der Waals surface area contributed by atoms with Gasteiger partial charge in [0.05, 0.1) is 0 Å². The van der Waals surface area contributed by atoms with Crippen LogP contribution in [-0.4, -0.2) is 37.7 Å². The van der Waals surface area contributed by atoms with E-state index in [4.69, 9.17) is 4.74 Å². The largest absolute Gasteiger partial charge is 0.368 e. The minimum absolute atomic E-state index is 0.0839. The Morgan fingerprint density at radius 2 is 2.25 bits per heavy atom. The Morgan fingerprint density at radius 3 is 2.94 bits per heavy atom. The standard InChI is InChI=1S/C12H22N2O2/c1-9-6-10(8-13-7-9)14-12(15)11-4-2-3-5-16-11/h9-11,13H,2-8H2,1H3,(H,14,15). The number of rotatable bonds is 2. The minimum Gasteiger partial charge on any atom is -0.368 e. The highest BCUT2D eigenvalue weighted by atomic mass is 16.5. The molecular weight excluding hydrogens is 204 g/mol. The molecule has 16 heavy (non-hydrogen) atoms. The lowest BCUT2D eigenvalue weighted by molar-refractivity contribution is -0.136. The molecule has 2 heterocycles. The van der Waals surface area contributed by atoms with Crippen molar-refractivity contribution in [3.63, 3.8) is 0 Å². The summed E-state index contributed by atoms with van der Waals surface area (Å²) in [5.41, 5.74) is 0. The molecule has 0 radical (unpaired) electrons. The first-order valence-electron chi connectivity index (χ1n) is 6.38. The van der Waals surface area contributed by atoms with E-state index >= 15 is 0 Å². The molecule has 2 N–H and O–H groups in total. The van der Waals surface area contributed by atoms with Crippen LogP contribution in [0.15, 0.2) is 0 Å². The van der Waals surface area contributed by atoms with Gasteiger partial charge in [-0.25, -0.2) is 0 Å². The molecule has 2 aliphatic heterocycles. The SMILES string of the molecule is CC1CNCC(NC(=O)C2CCCCO2)C1. The summed E-state index contributed by atoms with van der Waals surface area (Å²) in [6.07, 6.45) is 3.95. The van der Waals surface area contributed by atoms with Gasteiger partial charge in [-0.1, -0.05) is 6.92 Å². The Kier molecular flexibility index (Phi) is 4.18. The number of carbonyl (C=O) groups excluding carboxylic acids is 1. The van der Waals surface area contributed by atoms with Gasteiger partial charge in [0, 0.05) is 19.2 Å². The van der Waals surface area contributed by atoms with Crippen LogP contribution in [0.25, 0.3) is 0 Å². The summed E-state index contributed by atoms with van der Waals surface area (Å²) >= 11 is 0. The van der Waals surface area contributed by atoms with Gasteiger partial charge in [-0.05, 0) is 38.1 Å². The molecule has 2 fully saturated rings. The van der Waals surface area contributed by atoms with Crippen molar-refractivity contribution in [2.24, 2.45) is 5.92 Å². The van der Waals surface area contributed by atoms with Gasteiger partial charge in [0.15, 0.2) is 0 Å². The molecule has 2 aliphatic rings. The van der Waals surface area contributed by atoms with E-state index in [1.54, 1.807) is 0 Å². The zero-order valence-electron chi connectivity index (χ0n) is 10.00. The Bertz CT molecular complexity index is 239. The second-order valence-corrected chi connectivity index (χ2v) is 5.06. The molecule has 2 saturated heterocycles. The molecule has 2 rings (SSSR count). The lowest BCUT2D eigenvalue weighted by Gasteiger charge is -2.30. The van der Waals surface area contributed by atoms with Crippen molar-refractivity contribution in [2.75, 3.05) is 19.7 Å². The second-order valence-electron chi connectivity index (χ2n) is 5.06. The first-order chi connectivity index (χ1) is 7.75. The number of nitrogens with one attached hydrogen (secondary N) is 2. The monoisotopic (exact) mass is 226 g/mol. The summed E-state index contributed by atoms with van der Waals surface area (Å²) in [7, 11) is 0. The van der Waals surface area contributed by atoms with Crippen LogP contribution in [0.5, 0.6) is 0 Å². The third kappa shape index (κ3) is 3.19. The van der Waals surface area contributed by atoms with E-state index in [1.165, 1.54) is 0 Å². The molecule has 92 valence electrons. The van der Waals surface area contributed by atoms with Crippen LogP contribution in [-0.2, 0) is 9.53 Å². The van der Waals surface area contributed by atoms with Crippen molar-refractivity contribution >= 4 is 5.91 Å². The summed E-state index contributed by atoms with van der Waals surface area (Å²) in [5, 5.41) is 6.43. The normalized spacial score (nSPS) is 35.7. The molecule has 4 nitrogen and oxygen atoms in total. The highest BCUT2D eigenvalue weighted by Gasteiger charge is 2.26. The maximum Gasteiger partial charge on any atom is 0.249 e. The van der Waals surface area contributed by atoms with Crippen molar-refractivity contribution in [3.8, 4) is 0 Å². The first-order valence-corrected chi connectivity index (χ1v) is 6.38. The van der Waals surface area contributed by atoms with Crippen LogP contribution in [0, 0.1) is 5.92 Å². The average molecular weight is 226 g/mol. The van der Waals surface area contributed by atoms with Crippen LogP contribution in [0.2, 0.25) is 0 Å². The molecule has 0 aliphatic carbocycles. The summed E-state index contributed by atoms with van der Waals surface area (Å²) in [4.78, 5) is 11.9. The maximum absolute atomic E-state index is 11.9. The van der Waals surface area contributed by atoms with Crippen molar-refractivity contribution in [1.29, 1.82) is 0 Å². The minimum atomic E-state index is -0.203. The van der Waals surface area contributed by atoms with Crippen molar-refractivity contribution in [1.82, 2.24) is 10.6 Å². The molecule has 0 saturated carbocycles. The van der Waals surface area contributed by atoms with Gasteiger partial charge in [-0.2, -0.15) is 0 Å². The lowest BCUT2D eigenvalue weighted by atomic mass is 9.97.